The van der Waals surface area contributed by atoms with Crippen LogP contribution < -0.4 is 5.32 Å². The number of nitrogens with zero attached hydrogens (tertiary/aromatic N) is 2. The second kappa shape index (κ2) is 6.83. The molecule has 2 amide bonds. The van der Waals surface area contributed by atoms with Gasteiger partial charge in [0, 0.05) is 25.2 Å². The molecule has 0 radical (unpaired) electrons. The number of likely N-dealkylation sites (tertiary alicyclic amines) is 1. The van der Waals surface area contributed by atoms with Gasteiger partial charge in [-0.1, -0.05) is 11.3 Å². The fourth-order valence-electron chi connectivity index (χ4n) is 2.60. The molecule has 3 heterocycles. The fourth-order valence-corrected chi connectivity index (χ4v) is 3.32. The van der Waals surface area contributed by atoms with Gasteiger partial charge in [0.05, 0.1) is 21.6 Å². The van der Waals surface area contributed by atoms with Crippen LogP contribution in [0.1, 0.15) is 32.9 Å². The minimum atomic E-state index is -0.512. The van der Waals surface area contributed by atoms with Gasteiger partial charge in [-0.3, -0.25) is 19.7 Å². The Morgan fingerprint density at radius 1 is 1.29 bits per heavy atom. The van der Waals surface area contributed by atoms with Crippen molar-refractivity contribution >= 4 is 28.2 Å². The predicted molar refractivity (Wildman–Crippen MR) is 86.1 cm³/mol. The number of piperidine rings is 1. The predicted octanol–water partition coefficient (Wildman–Crippen LogP) is 2.28. The Hall–Kier alpha value is -2.68. The maximum Gasteiger partial charge on any atom is 0.324 e. The van der Waals surface area contributed by atoms with Gasteiger partial charge in [0.2, 0.25) is 0 Å². The average Bonchev–Trinajstić information content (AvgIpc) is 3.26. The van der Waals surface area contributed by atoms with Crippen molar-refractivity contribution in [2.45, 2.75) is 18.9 Å². The molecule has 8 nitrogen and oxygen atoms in total. The largest absolute Gasteiger partial charge is 0.472 e. The highest BCUT2D eigenvalue weighted by atomic mass is 32.1. The lowest BCUT2D eigenvalue weighted by atomic mass is 10.0. The number of hydrogen-bond acceptors (Lipinski definition) is 6. The summed E-state index contributed by atoms with van der Waals surface area (Å²) in [5.74, 6) is -0.393. The summed E-state index contributed by atoms with van der Waals surface area (Å²) in [4.78, 5) is 36.5. The molecule has 2 aromatic rings. The number of nitrogens with one attached hydrogen (secondary N) is 1. The molecule has 0 unspecified atom stereocenters. The van der Waals surface area contributed by atoms with E-state index >= 15 is 0 Å². The van der Waals surface area contributed by atoms with Crippen LogP contribution in [-0.2, 0) is 0 Å². The number of rotatable bonds is 4. The number of thiophene rings is 1. The maximum absolute atomic E-state index is 12.2. The van der Waals surface area contributed by atoms with E-state index in [1.165, 1.54) is 24.7 Å². The third kappa shape index (κ3) is 3.46. The number of carbonyl (C=O) groups is 2. The quantitative estimate of drug-likeness (QED) is 0.673. The SMILES string of the molecule is O=C(NC1CCN(C(=O)c2ccoc2)CC1)c1ccc([N+](=O)[O-])s1. The lowest BCUT2D eigenvalue weighted by Gasteiger charge is -2.32. The molecule has 1 aliphatic heterocycles. The Labute approximate surface area is 141 Å². The lowest BCUT2D eigenvalue weighted by Crippen LogP contribution is -2.46. The second-order valence-corrected chi connectivity index (χ2v) is 6.51. The van der Waals surface area contributed by atoms with Gasteiger partial charge in [-0.05, 0) is 25.0 Å². The number of amides is 2. The summed E-state index contributed by atoms with van der Waals surface area (Å²) in [6, 6.07) is 4.36. The Bertz CT molecular complexity index is 747. The topological polar surface area (TPSA) is 106 Å². The summed E-state index contributed by atoms with van der Waals surface area (Å²) in [7, 11) is 0. The van der Waals surface area contributed by atoms with Crippen LogP contribution in [0.15, 0.2) is 35.1 Å². The Balaban J connectivity index is 1.52. The molecular weight excluding hydrogens is 334 g/mol. The molecule has 0 saturated carbocycles. The molecule has 0 bridgehead atoms. The van der Waals surface area contributed by atoms with Crippen LogP contribution in [0.25, 0.3) is 0 Å². The van der Waals surface area contributed by atoms with Crippen molar-refractivity contribution in [2.24, 2.45) is 0 Å². The molecule has 1 fully saturated rings. The first-order valence-electron chi connectivity index (χ1n) is 7.41. The Kier molecular flexibility index (Phi) is 4.61. The normalized spacial score (nSPS) is 15.2. The maximum atomic E-state index is 12.2. The summed E-state index contributed by atoms with van der Waals surface area (Å²) in [5, 5.41) is 13.5. The van der Waals surface area contributed by atoms with E-state index in [1.807, 2.05) is 0 Å². The van der Waals surface area contributed by atoms with Crippen LogP contribution in [-0.4, -0.2) is 40.8 Å². The van der Waals surface area contributed by atoms with Crippen molar-refractivity contribution < 1.29 is 18.9 Å². The highest BCUT2D eigenvalue weighted by Crippen LogP contribution is 2.24. The van der Waals surface area contributed by atoms with Gasteiger partial charge in [-0.25, -0.2) is 0 Å². The second-order valence-electron chi connectivity index (χ2n) is 5.45. The molecule has 1 saturated heterocycles. The van der Waals surface area contributed by atoms with Gasteiger partial charge in [0.15, 0.2) is 0 Å². The van der Waals surface area contributed by atoms with Crippen LogP contribution in [0.5, 0.6) is 0 Å². The molecule has 2 aromatic heterocycles. The van der Waals surface area contributed by atoms with Crippen molar-refractivity contribution in [3.8, 4) is 0 Å². The molecule has 24 heavy (non-hydrogen) atoms. The average molecular weight is 349 g/mol. The van der Waals surface area contributed by atoms with E-state index < -0.39 is 4.92 Å². The smallest absolute Gasteiger partial charge is 0.324 e. The fraction of sp³-hybridized carbons (Fsp3) is 0.333. The van der Waals surface area contributed by atoms with Gasteiger partial charge < -0.3 is 14.6 Å². The molecule has 0 aromatic carbocycles. The molecule has 0 atom stereocenters. The van der Waals surface area contributed by atoms with Crippen molar-refractivity contribution in [3.05, 3.63) is 51.3 Å². The number of furan rings is 1. The minimum absolute atomic E-state index is 0.0490. The first-order valence-corrected chi connectivity index (χ1v) is 8.23. The van der Waals surface area contributed by atoms with E-state index in [9.17, 15) is 19.7 Å². The zero-order chi connectivity index (χ0) is 17.1. The zero-order valence-corrected chi connectivity index (χ0v) is 13.5. The summed E-state index contributed by atoms with van der Waals surface area (Å²) in [5.41, 5.74) is 0.517. The lowest BCUT2D eigenvalue weighted by molar-refractivity contribution is -0.380. The van der Waals surface area contributed by atoms with Crippen LogP contribution in [0.4, 0.5) is 5.00 Å². The highest BCUT2D eigenvalue weighted by molar-refractivity contribution is 7.17. The third-order valence-electron chi connectivity index (χ3n) is 3.88. The van der Waals surface area contributed by atoms with E-state index in [2.05, 4.69) is 5.32 Å². The van der Waals surface area contributed by atoms with Crippen molar-refractivity contribution in [1.82, 2.24) is 10.2 Å². The van der Waals surface area contributed by atoms with Gasteiger partial charge in [-0.15, -0.1) is 0 Å². The number of hydrogen-bond donors (Lipinski definition) is 1. The number of nitro groups is 1. The zero-order valence-electron chi connectivity index (χ0n) is 12.6. The van der Waals surface area contributed by atoms with Crippen LogP contribution in [0.3, 0.4) is 0 Å². The molecule has 1 N–H and O–H groups in total. The van der Waals surface area contributed by atoms with Crippen molar-refractivity contribution in [3.63, 3.8) is 0 Å². The molecule has 9 heteroatoms. The van der Waals surface area contributed by atoms with Gasteiger partial charge in [-0.2, -0.15) is 0 Å². The summed E-state index contributed by atoms with van der Waals surface area (Å²) < 4.78 is 4.92. The van der Waals surface area contributed by atoms with Crippen molar-refractivity contribution in [2.75, 3.05) is 13.1 Å². The van der Waals surface area contributed by atoms with Crippen molar-refractivity contribution in [1.29, 1.82) is 0 Å². The minimum Gasteiger partial charge on any atom is -0.472 e. The van der Waals surface area contributed by atoms with E-state index in [-0.39, 0.29) is 22.9 Å². The standard InChI is InChI=1S/C15H15N3O5S/c19-14(12-1-2-13(24-12)18(21)22)16-11-3-6-17(7-4-11)15(20)10-5-8-23-9-10/h1-2,5,8-9,11H,3-4,6-7H2,(H,16,19). The van der Waals surface area contributed by atoms with E-state index in [0.29, 0.717) is 36.4 Å². The van der Waals surface area contributed by atoms with Gasteiger partial charge in [0.1, 0.15) is 6.26 Å². The first kappa shape index (κ1) is 16.2. The molecule has 3 rings (SSSR count). The Morgan fingerprint density at radius 2 is 2.04 bits per heavy atom. The molecular formula is C15H15N3O5S. The molecule has 126 valence electrons. The van der Waals surface area contributed by atoms with E-state index in [4.69, 9.17) is 4.42 Å². The van der Waals surface area contributed by atoms with Crippen LogP contribution >= 0.6 is 11.3 Å². The summed E-state index contributed by atoms with van der Waals surface area (Å²) >= 11 is 0.855. The summed E-state index contributed by atoms with van der Waals surface area (Å²) in [6.45, 7) is 1.08. The first-order chi connectivity index (χ1) is 11.5. The molecule has 0 aliphatic carbocycles. The molecule has 1 aliphatic rings. The van der Waals surface area contributed by atoms with Crippen LogP contribution in [0, 0.1) is 10.1 Å². The monoisotopic (exact) mass is 349 g/mol. The Morgan fingerprint density at radius 3 is 2.62 bits per heavy atom. The highest BCUT2D eigenvalue weighted by Gasteiger charge is 2.26. The summed E-state index contributed by atoms with van der Waals surface area (Å²) in [6.07, 6.45) is 4.16. The number of carbonyl (C=O) groups excluding carboxylic acids is 2. The van der Waals surface area contributed by atoms with E-state index in [0.717, 1.165) is 11.3 Å². The van der Waals surface area contributed by atoms with Gasteiger partial charge >= 0.3 is 5.00 Å². The van der Waals surface area contributed by atoms with Crippen LogP contribution in [0.2, 0.25) is 0 Å². The molecule has 0 spiro atoms. The van der Waals surface area contributed by atoms with Gasteiger partial charge in [0.25, 0.3) is 11.8 Å². The third-order valence-corrected chi connectivity index (χ3v) is 4.92. The van der Waals surface area contributed by atoms with E-state index in [1.54, 1.807) is 11.0 Å².